The molecule has 31 heavy (non-hydrogen) atoms. The number of thioether (sulfide) groups is 1. The lowest BCUT2D eigenvalue weighted by atomic mass is 10.2. The van der Waals surface area contributed by atoms with Crippen LogP contribution < -0.4 is 9.64 Å². The highest BCUT2D eigenvalue weighted by Gasteiger charge is 2.32. The van der Waals surface area contributed by atoms with E-state index in [2.05, 4.69) is 4.74 Å². The van der Waals surface area contributed by atoms with Crippen LogP contribution in [0.4, 0.5) is 14.5 Å². The van der Waals surface area contributed by atoms with E-state index in [9.17, 15) is 18.4 Å². The fourth-order valence-corrected chi connectivity index (χ4v) is 4.29. The second kappa shape index (κ2) is 10.5. The number of carbonyl (C=O) groups is 2. The Balaban J connectivity index is 1.61. The van der Waals surface area contributed by atoms with Crippen molar-refractivity contribution in [2.24, 2.45) is 0 Å². The first-order chi connectivity index (χ1) is 14.9. The Bertz CT molecular complexity index is 999. The molecule has 0 saturated carbocycles. The van der Waals surface area contributed by atoms with E-state index in [1.165, 1.54) is 17.0 Å². The first kappa shape index (κ1) is 22.9. The van der Waals surface area contributed by atoms with E-state index in [0.29, 0.717) is 27.8 Å². The molecule has 2 aromatic carbocycles. The van der Waals surface area contributed by atoms with Gasteiger partial charge in [-0.05, 0) is 30.7 Å². The molecule has 0 bridgehead atoms. The number of nitrogens with zero attached hydrogens (tertiary/aromatic N) is 2. The van der Waals surface area contributed by atoms with E-state index in [1.807, 2.05) is 30.3 Å². The van der Waals surface area contributed by atoms with Crippen molar-refractivity contribution in [1.29, 1.82) is 0 Å². The van der Waals surface area contributed by atoms with Crippen LogP contribution in [0.1, 0.15) is 18.4 Å². The third-order valence-electron chi connectivity index (χ3n) is 4.59. The molecule has 1 saturated heterocycles. The molecule has 9 heteroatoms. The number of alkyl halides is 2. The van der Waals surface area contributed by atoms with Gasteiger partial charge < -0.3 is 9.64 Å². The molecule has 2 amide bonds. The topological polar surface area (TPSA) is 49.9 Å². The Morgan fingerprint density at radius 1 is 1.19 bits per heavy atom. The summed E-state index contributed by atoms with van der Waals surface area (Å²) < 4.78 is 30.1. The van der Waals surface area contributed by atoms with Crippen LogP contribution >= 0.6 is 24.0 Å². The zero-order valence-electron chi connectivity index (χ0n) is 16.7. The molecule has 1 heterocycles. The SMILES string of the molecule is CN(C(=O)CCCN1C(=O)C(=Cc2ccccc2OC(F)F)SC1=S)c1ccccc1. The Morgan fingerprint density at radius 3 is 2.58 bits per heavy atom. The minimum atomic E-state index is -2.96. The van der Waals surface area contributed by atoms with Crippen molar-refractivity contribution in [2.45, 2.75) is 19.5 Å². The molecule has 0 unspecified atom stereocenters. The van der Waals surface area contributed by atoms with Crippen LogP contribution in [0.5, 0.6) is 5.75 Å². The molecule has 1 aliphatic heterocycles. The number of anilines is 1. The summed E-state index contributed by atoms with van der Waals surface area (Å²) in [7, 11) is 1.71. The predicted molar refractivity (Wildman–Crippen MR) is 122 cm³/mol. The van der Waals surface area contributed by atoms with Crippen molar-refractivity contribution in [1.82, 2.24) is 4.90 Å². The van der Waals surface area contributed by atoms with Crippen molar-refractivity contribution in [3.05, 3.63) is 65.1 Å². The van der Waals surface area contributed by atoms with Gasteiger partial charge in [0.05, 0.1) is 4.91 Å². The van der Waals surface area contributed by atoms with Gasteiger partial charge in [0.25, 0.3) is 5.91 Å². The fourth-order valence-electron chi connectivity index (χ4n) is 2.99. The largest absolute Gasteiger partial charge is 0.434 e. The number of amides is 2. The zero-order chi connectivity index (χ0) is 22.4. The average molecular weight is 463 g/mol. The maximum absolute atomic E-state index is 12.7. The average Bonchev–Trinajstić information content (AvgIpc) is 3.02. The summed E-state index contributed by atoms with van der Waals surface area (Å²) in [6, 6.07) is 15.5. The smallest absolute Gasteiger partial charge is 0.387 e. The van der Waals surface area contributed by atoms with Gasteiger partial charge in [-0.3, -0.25) is 14.5 Å². The maximum Gasteiger partial charge on any atom is 0.387 e. The Morgan fingerprint density at radius 2 is 1.87 bits per heavy atom. The second-order valence-electron chi connectivity index (χ2n) is 6.64. The Labute approximate surface area is 188 Å². The summed E-state index contributed by atoms with van der Waals surface area (Å²) in [6.07, 6.45) is 2.19. The van der Waals surface area contributed by atoms with Crippen LogP contribution in [0, 0.1) is 0 Å². The number of ether oxygens (including phenoxy) is 1. The van der Waals surface area contributed by atoms with Crippen LogP contribution in [-0.2, 0) is 9.59 Å². The highest BCUT2D eigenvalue weighted by atomic mass is 32.2. The van der Waals surface area contributed by atoms with E-state index >= 15 is 0 Å². The molecule has 0 spiro atoms. The highest BCUT2D eigenvalue weighted by Crippen LogP contribution is 2.34. The molecule has 162 valence electrons. The van der Waals surface area contributed by atoms with Gasteiger partial charge in [-0.1, -0.05) is 60.4 Å². The molecule has 0 aromatic heterocycles. The first-order valence-corrected chi connectivity index (χ1v) is 10.7. The lowest BCUT2D eigenvalue weighted by molar-refractivity contribution is -0.123. The minimum Gasteiger partial charge on any atom is -0.434 e. The summed E-state index contributed by atoms with van der Waals surface area (Å²) in [5, 5.41) is 0. The molecule has 1 aliphatic rings. The van der Waals surface area contributed by atoms with Crippen molar-refractivity contribution >= 4 is 51.9 Å². The number of carbonyl (C=O) groups excluding carboxylic acids is 2. The molecular formula is C22H20F2N2O3S2. The minimum absolute atomic E-state index is 0.0164. The lowest BCUT2D eigenvalue weighted by Gasteiger charge is -2.18. The van der Waals surface area contributed by atoms with E-state index in [0.717, 1.165) is 17.4 Å². The van der Waals surface area contributed by atoms with Gasteiger partial charge in [0.15, 0.2) is 0 Å². The van der Waals surface area contributed by atoms with E-state index < -0.39 is 6.61 Å². The number of thiocarbonyl (C=S) groups is 1. The Kier molecular flexibility index (Phi) is 7.75. The van der Waals surface area contributed by atoms with E-state index in [4.69, 9.17) is 12.2 Å². The number of hydrogen-bond acceptors (Lipinski definition) is 5. The summed E-state index contributed by atoms with van der Waals surface area (Å²) >= 11 is 6.40. The molecule has 3 rings (SSSR count). The summed E-state index contributed by atoms with van der Waals surface area (Å²) in [5.41, 5.74) is 1.16. The van der Waals surface area contributed by atoms with Crippen LogP contribution in [0.15, 0.2) is 59.5 Å². The Hall–Kier alpha value is -2.78. The molecule has 5 nitrogen and oxygen atoms in total. The van der Waals surface area contributed by atoms with Crippen LogP contribution in [0.3, 0.4) is 0 Å². The summed E-state index contributed by atoms with van der Waals surface area (Å²) in [6.45, 7) is -2.67. The van der Waals surface area contributed by atoms with Gasteiger partial charge in [-0.2, -0.15) is 8.78 Å². The molecular weight excluding hydrogens is 442 g/mol. The number of hydrogen-bond donors (Lipinski definition) is 0. The molecule has 1 fully saturated rings. The monoisotopic (exact) mass is 462 g/mol. The molecule has 0 N–H and O–H groups in total. The second-order valence-corrected chi connectivity index (χ2v) is 8.32. The zero-order valence-corrected chi connectivity index (χ0v) is 18.3. The maximum atomic E-state index is 12.7. The third-order valence-corrected chi connectivity index (χ3v) is 5.96. The van der Waals surface area contributed by atoms with Crippen molar-refractivity contribution in [3.8, 4) is 5.75 Å². The van der Waals surface area contributed by atoms with Crippen LogP contribution in [0.25, 0.3) is 6.08 Å². The number of para-hydroxylation sites is 2. The van der Waals surface area contributed by atoms with E-state index in [1.54, 1.807) is 30.1 Å². The molecule has 0 atom stereocenters. The standard InChI is InChI=1S/C22H20F2N2O3S2/c1-25(16-9-3-2-4-10-16)19(27)12-7-13-26-20(28)18(31-22(26)30)14-15-8-5-6-11-17(15)29-21(23)24/h2-6,8-11,14,21H,7,12-13H2,1H3. The highest BCUT2D eigenvalue weighted by molar-refractivity contribution is 8.26. The lowest BCUT2D eigenvalue weighted by Crippen LogP contribution is -2.31. The molecule has 2 aromatic rings. The van der Waals surface area contributed by atoms with Crippen LogP contribution in [0.2, 0.25) is 0 Å². The van der Waals surface area contributed by atoms with Gasteiger partial charge in [0, 0.05) is 31.3 Å². The van der Waals surface area contributed by atoms with Gasteiger partial charge >= 0.3 is 6.61 Å². The molecule has 0 radical (unpaired) electrons. The fraction of sp³-hybridized carbons (Fsp3) is 0.227. The van der Waals surface area contributed by atoms with E-state index in [-0.39, 0.29) is 24.0 Å². The summed E-state index contributed by atoms with van der Waals surface area (Å²) in [5.74, 6) is -0.395. The summed E-state index contributed by atoms with van der Waals surface area (Å²) in [4.78, 5) is 28.5. The van der Waals surface area contributed by atoms with Gasteiger partial charge in [0.1, 0.15) is 10.1 Å². The number of halogens is 2. The first-order valence-electron chi connectivity index (χ1n) is 9.47. The van der Waals surface area contributed by atoms with Gasteiger partial charge in [0.2, 0.25) is 5.91 Å². The predicted octanol–water partition coefficient (Wildman–Crippen LogP) is 4.93. The van der Waals surface area contributed by atoms with Gasteiger partial charge in [-0.25, -0.2) is 0 Å². The molecule has 0 aliphatic carbocycles. The number of rotatable bonds is 8. The normalized spacial score (nSPS) is 15.1. The quantitative estimate of drug-likeness (QED) is 0.411. The van der Waals surface area contributed by atoms with Crippen molar-refractivity contribution < 1.29 is 23.1 Å². The van der Waals surface area contributed by atoms with Crippen molar-refractivity contribution in [3.63, 3.8) is 0 Å². The van der Waals surface area contributed by atoms with Gasteiger partial charge in [-0.15, -0.1) is 0 Å². The number of benzene rings is 2. The van der Waals surface area contributed by atoms with Crippen LogP contribution in [-0.4, -0.2) is 41.2 Å². The van der Waals surface area contributed by atoms with Crippen molar-refractivity contribution in [2.75, 3.05) is 18.5 Å². The third kappa shape index (κ3) is 5.89.